The molecule has 0 radical (unpaired) electrons. The van der Waals surface area contributed by atoms with E-state index < -0.39 is 0 Å². The van der Waals surface area contributed by atoms with Crippen LogP contribution in [0.4, 0.5) is 5.69 Å². The molecule has 2 aliphatic rings. The number of nitrogens with one attached hydrogen (secondary N) is 2. The van der Waals surface area contributed by atoms with Crippen molar-refractivity contribution < 1.29 is 18.4 Å². The molecule has 5 heterocycles. The first-order chi connectivity index (χ1) is 16.1. The molecule has 1 atom stereocenters. The lowest BCUT2D eigenvalue weighted by Crippen LogP contribution is -2.33. The van der Waals surface area contributed by atoms with E-state index in [9.17, 15) is 4.79 Å². The Bertz CT molecular complexity index is 1340. The highest BCUT2D eigenvalue weighted by Gasteiger charge is 2.31. The number of halogens is 1. The predicted octanol–water partition coefficient (Wildman–Crippen LogP) is 3.79. The maximum atomic E-state index is 13.0. The van der Waals surface area contributed by atoms with Crippen molar-refractivity contribution in [2.45, 2.75) is 31.8 Å². The Morgan fingerprint density at radius 2 is 2.09 bits per heavy atom. The summed E-state index contributed by atoms with van der Waals surface area (Å²) in [6, 6.07) is 5.42. The average molecular weight is 483 g/mol. The molecule has 0 aromatic carbocycles. The average Bonchev–Trinajstić information content (AvgIpc) is 3.39. The van der Waals surface area contributed by atoms with Crippen LogP contribution in [0.15, 0.2) is 39.5 Å². The van der Waals surface area contributed by atoms with E-state index in [-0.39, 0.29) is 30.1 Å². The number of morpholine rings is 1. The first kappa shape index (κ1) is 22.5. The number of hydrogen-bond acceptors (Lipinski definition) is 9. The topological polar surface area (TPSA) is 128 Å². The number of aromatic nitrogens is 4. The minimum Gasteiger partial charge on any atom is -0.444 e. The zero-order valence-corrected chi connectivity index (χ0v) is 19.2. The number of ether oxygens (including phenoxy) is 1. The first-order valence-corrected chi connectivity index (χ1v) is 11.0. The molecule has 11 heteroatoms. The maximum absolute atomic E-state index is 13.0. The van der Waals surface area contributed by atoms with Crippen LogP contribution < -0.4 is 10.6 Å². The Morgan fingerprint density at radius 3 is 2.85 bits per heavy atom. The number of pyridine rings is 2. The number of carbonyl (C=O) groups excluding carboxylic acids is 1. The fourth-order valence-electron chi connectivity index (χ4n) is 3.90. The molecule has 1 amide bonds. The monoisotopic (exact) mass is 482 g/mol. The number of nitrogens with zero attached hydrogens (tertiary/aromatic N) is 4. The van der Waals surface area contributed by atoms with E-state index in [1.807, 2.05) is 13.0 Å². The molecule has 0 bridgehead atoms. The van der Waals surface area contributed by atoms with Gasteiger partial charge in [0.15, 0.2) is 16.9 Å². The summed E-state index contributed by atoms with van der Waals surface area (Å²) < 4.78 is 17.2. The minimum absolute atomic E-state index is 0. The molecule has 4 aromatic rings. The first-order valence-electron chi connectivity index (χ1n) is 11.0. The normalized spacial score (nSPS) is 18.0. The number of rotatable bonds is 5. The molecule has 4 aromatic heterocycles. The molecule has 34 heavy (non-hydrogen) atoms. The van der Waals surface area contributed by atoms with Crippen molar-refractivity contribution in [1.29, 1.82) is 0 Å². The van der Waals surface area contributed by atoms with Crippen molar-refractivity contribution in [1.82, 2.24) is 25.3 Å². The van der Waals surface area contributed by atoms with E-state index >= 15 is 0 Å². The van der Waals surface area contributed by atoms with Crippen molar-refractivity contribution in [3.8, 4) is 11.5 Å². The zero-order valence-electron chi connectivity index (χ0n) is 18.4. The van der Waals surface area contributed by atoms with Gasteiger partial charge in [-0.25, -0.2) is 9.97 Å². The van der Waals surface area contributed by atoms with Crippen molar-refractivity contribution in [3.63, 3.8) is 0 Å². The van der Waals surface area contributed by atoms with E-state index in [4.69, 9.17) is 18.6 Å². The van der Waals surface area contributed by atoms with E-state index in [1.54, 1.807) is 18.3 Å². The van der Waals surface area contributed by atoms with E-state index in [2.05, 4.69) is 25.6 Å². The molecule has 1 aliphatic heterocycles. The van der Waals surface area contributed by atoms with Gasteiger partial charge in [0, 0.05) is 42.5 Å². The molecule has 176 valence electrons. The summed E-state index contributed by atoms with van der Waals surface area (Å²) in [5, 5.41) is 6.21. The van der Waals surface area contributed by atoms with Crippen molar-refractivity contribution in [2.75, 3.05) is 25.0 Å². The Hall–Kier alpha value is -3.34. The van der Waals surface area contributed by atoms with Gasteiger partial charge in [-0.05, 0) is 31.9 Å². The van der Waals surface area contributed by atoms with Crippen molar-refractivity contribution in [3.05, 3.63) is 53.6 Å². The smallest absolute Gasteiger partial charge is 0.277 e. The minimum atomic E-state index is -0.376. The lowest BCUT2D eigenvalue weighted by atomic mass is 10.2. The van der Waals surface area contributed by atoms with Crippen LogP contribution in [0, 0.1) is 6.92 Å². The second-order valence-corrected chi connectivity index (χ2v) is 8.31. The van der Waals surface area contributed by atoms with Gasteiger partial charge in [0.1, 0.15) is 12.4 Å². The molecular formula is C23H23ClN6O4. The van der Waals surface area contributed by atoms with Gasteiger partial charge >= 0.3 is 0 Å². The molecule has 1 saturated heterocycles. The standard InChI is InChI=1S/C23H22N6O4.ClH/c1-12-8-14(4-5-25-12)22-27-16(11-32-22)21(30)26-15-9-17-20(28-19(15)13-2-3-13)29-23(33-17)18-10-24-6-7-31-18;/h4-5,8-9,11,13,18,24H,2-3,6-7,10H2,1H3,(H,26,30);1H. The number of fused-ring (bicyclic) bond motifs is 1. The molecule has 2 fully saturated rings. The fourth-order valence-corrected chi connectivity index (χ4v) is 3.90. The largest absolute Gasteiger partial charge is 0.444 e. The number of anilines is 1. The molecule has 1 unspecified atom stereocenters. The number of oxazole rings is 2. The highest BCUT2D eigenvalue weighted by Crippen LogP contribution is 2.43. The van der Waals surface area contributed by atoms with Crippen LogP contribution >= 0.6 is 12.4 Å². The Morgan fingerprint density at radius 1 is 1.21 bits per heavy atom. The molecule has 1 saturated carbocycles. The molecule has 0 spiro atoms. The summed E-state index contributed by atoms with van der Waals surface area (Å²) >= 11 is 0. The lowest BCUT2D eigenvalue weighted by Gasteiger charge is -2.20. The molecular weight excluding hydrogens is 460 g/mol. The SMILES string of the molecule is Cc1cc(-c2nc(C(=O)Nc3cc4oc(C5CNCCO5)nc4nc3C3CC3)co2)ccn1.Cl. The van der Waals surface area contributed by atoms with Gasteiger partial charge in [0.25, 0.3) is 5.91 Å². The van der Waals surface area contributed by atoms with Gasteiger partial charge in [-0.2, -0.15) is 4.98 Å². The summed E-state index contributed by atoms with van der Waals surface area (Å²) in [6.45, 7) is 3.93. The number of carbonyl (C=O) groups is 1. The predicted molar refractivity (Wildman–Crippen MR) is 125 cm³/mol. The Balaban J connectivity index is 0.00000241. The number of hydrogen-bond donors (Lipinski definition) is 2. The molecule has 6 rings (SSSR count). The van der Waals surface area contributed by atoms with Gasteiger partial charge < -0.3 is 24.2 Å². The third-order valence-electron chi connectivity index (χ3n) is 5.72. The fraction of sp³-hybridized carbons (Fsp3) is 0.348. The van der Waals surface area contributed by atoms with Gasteiger partial charge in [0.05, 0.1) is 18.0 Å². The van der Waals surface area contributed by atoms with Gasteiger partial charge in [-0.3, -0.25) is 9.78 Å². The summed E-state index contributed by atoms with van der Waals surface area (Å²) in [6.07, 6.45) is 4.83. The van der Waals surface area contributed by atoms with Crippen LogP contribution in [0.1, 0.15) is 52.6 Å². The van der Waals surface area contributed by atoms with Crippen LogP contribution in [-0.2, 0) is 4.74 Å². The van der Waals surface area contributed by atoms with E-state index in [1.165, 1.54) is 6.26 Å². The highest BCUT2D eigenvalue weighted by atomic mass is 35.5. The third-order valence-corrected chi connectivity index (χ3v) is 5.72. The van der Waals surface area contributed by atoms with Gasteiger partial charge in [-0.1, -0.05) is 0 Å². The molecule has 2 N–H and O–H groups in total. The van der Waals surface area contributed by atoms with Crippen molar-refractivity contribution >= 4 is 35.2 Å². The van der Waals surface area contributed by atoms with Crippen LogP contribution in [0.5, 0.6) is 0 Å². The van der Waals surface area contributed by atoms with Crippen molar-refractivity contribution in [2.24, 2.45) is 0 Å². The molecule has 1 aliphatic carbocycles. The third kappa shape index (κ3) is 4.39. The summed E-state index contributed by atoms with van der Waals surface area (Å²) in [4.78, 5) is 30.7. The maximum Gasteiger partial charge on any atom is 0.277 e. The summed E-state index contributed by atoms with van der Waals surface area (Å²) in [7, 11) is 0. The quantitative estimate of drug-likeness (QED) is 0.436. The van der Waals surface area contributed by atoms with Crippen LogP contribution in [0.25, 0.3) is 22.7 Å². The summed E-state index contributed by atoms with van der Waals surface area (Å²) in [5.74, 6) is 0.773. The van der Waals surface area contributed by atoms with E-state index in [0.29, 0.717) is 47.8 Å². The number of amides is 1. The van der Waals surface area contributed by atoms with Gasteiger partial charge in [0.2, 0.25) is 11.8 Å². The Labute approximate surface area is 200 Å². The second-order valence-electron chi connectivity index (χ2n) is 8.31. The van der Waals surface area contributed by atoms with Crippen LogP contribution in [-0.4, -0.2) is 45.5 Å². The lowest BCUT2D eigenvalue weighted by molar-refractivity contribution is 0.0118. The van der Waals surface area contributed by atoms with Gasteiger partial charge in [-0.15, -0.1) is 12.4 Å². The Kier molecular flexibility index (Phi) is 6.03. The second kappa shape index (κ2) is 9.13. The van der Waals surface area contributed by atoms with E-state index in [0.717, 1.165) is 36.3 Å². The van der Waals surface area contributed by atoms with Crippen LogP contribution in [0.2, 0.25) is 0 Å². The summed E-state index contributed by atoms with van der Waals surface area (Å²) in [5.41, 5.74) is 4.23. The van der Waals surface area contributed by atoms with Crippen LogP contribution in [0.3, 0.4) is 0 Å². The zero-order chi connectivity index (χ0) is 22.4. The highest BCUT2D eigenvalue weighted by molar-refractivity contribution is 6.04. The number of aryl methyl sites for hydroxylation is 1. The molecule has 10 nitrogen and oxygen atoms in total.